The molecule has 1 aromatic carbocycles. The van der Waals surface area contributed by atoms with Crippen molar-refractivity contribution < 1.29 is 17.8 Å². The number of carbonyl (C=O) groups is 1. The van der Waals surface area contributed by atoms with E-state index in [9.17, 15) is 17.8 Å². The van der Waals surface area contributed by atoms with Crippen LogP contribution in [0.1, 0.15) is 9.67 Å². The third-order valence-corrected chi connectivity index (χ3v) is 5.56. The van der Waals surface area contributed by atoms with Gasteiger partial charge in [0.1, 0.15) is 0 Å². The summed E-state index contributed by atoms with van der Waals surface area (Å²) >= 11 is 6.83. The van der Waals surface area contributed by atoms with Gasteiger partial charge in [-0.25, -0.2) is 0 Å². The number of hydrogen-bond donors (Lipinski definition) is 1. The molecule has 1 amide bonds. The number of halogens is 1. The van der Waals surface area contributed by atoms with Gasteiger partial charge in [-0.1, -0.05) is 11.6 Å². The molecule has 2 aromatic rings. The fraction of sp³-hybridized carbons (Fsp3) is 0.154. The van der Waals surface area contributed by atoms with Gasteiger partial charge in [0.05, 0.1) is 14.1 Å². The summed E-state index contributed by atoms with van der Waals surface area (Å²) in [6.07, 6.45) is 0. The number of carbonyl (C=O) groups excluding carboxylic acids is 1. The van der Waals surface area contributed by atoms with Crippen molar-refractivity contribution >= 4 is 50.5 Å². The highest BCUT2D eigenvalue weighted by Gasteiger charge is 2.33. The van der Waals surface area contributed by atoms with Gasteiger partial charge in [0.15, 0.2) is 10.6 Å². The van der Waals surface area contributed by atoms with Crippen LogP contribution in [0.15, 0.2) is 35.7 Å². The fourth-order valence-corrected chi connectivity index (χ4v) is 3.22. The van der Waals surface area contributed by atoms with Crippen molar-refractivity contribution in [1.82, 2.24) is 3.89 Å². The molecular formula is C13H13ClN2O4S2. The minimum atomic E-state index is -4.66. The van der Waals surface area contributed by atoms with Gasteiger partial charge in [0.2, 0.25) is 0 Å². The van der Waals surface area contributed by atoms with Crippen LogP contribution in [0.25, 0.3) is 0 Å². The van der Waals surface area contributed by atoms with E-state index >= 15 is 0 Å². The molecule has 0 aliphatic heterocycles. The first kappa shape index (κ1) is 16.9. The van der Waals surface area contributed by atoms with Crippen molar-refractivity contribution in [2.24, 2.45) is 0 Å². The first-order valence-corrected chi connectivity index (χ1v) is 8.70. The third kappa shape index (κ3) is 3.31. The molecule has 6 nitrogen and oxygen atoms in total. The molecule has 0 atom stereocenters. The van der Waals surface area contributed by atoms with Crippen LogP contribution in [0.3, 0.4) is 0 Å². The summed E-state index contributed by atoms with van der Waals surface area (Å²) in [5.74, 6) is -0.484. The molecule has 0 saturated carbocycles. The molecule has 22 heavy (non-hydrogen) atoms. The number of thiophene rings is 1. The van der Waals surface area contributed by atoms with E-state index in [2.05, 4.69) is 5.32 Å². The van der Waals surface area contributed by atoms with E-state index < -0.39 is 20.1 Å². The lowest BCUT2D eigenvalue weighted by atomic mass is 10.3. The van der Waals surface area contributed by atoms with Gasteiger partial charge in [-0.2, -0.15) is 12.3 Å². The molecule has 0 bridgehead atoms. The molecular weight excluding hydrogens is 348 g/mol. The number of nitrogens with one attached hydrogen (secondary N) is 1. The largest absolute Gasteiger partial charge is 0.701 e. The zero-order chi connectivity index (χ0) is 16.5. The monoisotopic (exact) mass is 360 g/mol. The second kappa shape index (κ2) is 5.98. The zero-order valence-electron chi connectivity index (χ0n) is 11.7. The maximum atomic E-state index is 12.3. The Morgan fingerprint density at radius 2 is 1.82 bits per heavy atom. The fourth-order valence-electron chi connectivity index (χ4n) is 1.74. The Morgan fingerprint density at radius 3 is 2.36 bits per heavy atom. The van der Waals surface area contributed by atoms with Gasteiger partial charge in [-0.05, 0) is 29.6 Å². The Labute approximate surface area is 137 Å². The molecule has 0 aliphatic carbocycles. The van der Waals surface area contributed by atoms with Crippen LogP contribution in [-0.4, -0.2) is 33.0 Å². The van der Waals surface area contributed by atoms with Crippen LogP contribution >= 0.6 is 22.9 Å². The van der Waals surface area contributed by atoms with Crippen LogP contribution in [0.5, 0.6) is 0 Å². The highest BCUT2D eigenvalue weighted by atomic mass is 35.5. The van der Waals surface area contributed by atoms with E-state index in [0.29, 0.717) is 10.7 Å². The molecule has 2 rings (SSSR count). The number of rotatable bonds is 4. The van der Waals surface area contributed by atoms with Crippen molar-refractivity contribution in [3.05, 3.63) is 45.6 Å². The summed E-state index contributed by atoms with van der Waals surface area (Å²) in [4.78, 5) is 12.5. The number of hydrogen-bond acceptors (Lipinski definition) is 5. The molecule has 9 heteroatoms. The Bertz CT molecular complexity index is 798. The Kier molecular flexibility index (Phi) is 4.59. The number of anilines is 1. The predicted octanol–water partition coefficient (Wildman–Crippen LogP) is 2.68. The lowest BCUT2D eigenvalue weighted by Gasteiger charge is -2.30. The molecule has 0 saturated heterocycles. The minimum Gasteiger partial charge on any atom is -0.701 e. The smallest absolute Gasteiger partial charge is 0.271 e. The van der Waals surface area contributed by atoms with E-state index in [4.69, 9.17) is 11.6 Å². The second-order valence-corrected chi connectivity index (χ2v) is 8.00. The van der Waals surface area contributed by atoms with Crippen LogP contribution in [0, 0.1) is 0 Å². The second-order valence-electron chi connectivity index (χ2n) is 4.87. The summed E-state index contributed by atoms with van der Waals surface area (Å²) < 4.78 is 33.2. The van der Waals surface area contributed by atoms with Crippen molar-refractivity contribution in [3.8, 4) is 0 Å². The maximum absolute atomic E-state index is 12.3. The summed E-state index contributed by atoms with van der Waals surface area (Å²) in [7, 11) is -2.21. The van der Waals surface area contributed by atoms with Gasteiger partial charge < -0.3 is 9.87 Å². The average Bonchev–Trinajstić information content (AvgIpc) is 2.90. The van der Waals surface area contributed by atoms with Crippen LogP contribution in [-0.2, 0) is 10.3 Å². The first-order chi connectivity index (χ1) is 10.1. The number of amides is 1. The Morgan fingerprint density at radius 1 is 1.23 bits per heavy atom. The quantitative estimate of drug-likeness (QED) is 0.670. The molecule has 0 fully saturated rings. The predicted molar refractivity (Wildman–Crippen MR) is 87.1 cm³/mol. The van der Waals surface area contributed by atoms with Crippen molar-refractivity contribution in [2.45, 2.75) is 0 Å². The van der Waals surface area contributed by atoms with Gasteiger partial charge in [0, 0.05) is 16.8 Å². The molecule has 1 heterocycles. The summed E-state index contributed by atoms with van der Waals surface area (Å²) in [5.41, 5.74) is 0.649. The highest BCUT2D eigenvalue weighted by Crippen LogP contribution is 2.32. The summed E-state index contributed by atoms with van der Waals surface area (Å²) in [6, 6.07) is 7.94. The summed E-state index contributed by atoms with van der Waals surface area (Å²) in [5, 5.41) is 4.74. The van der Waals surface area contributed by atoms with E-state index in [0.717, 1.165) is 11.3 Å². The van der Waals surface area contributed by atoms with E-state index in [-0.39, 0.29) is 10.6 Å². The van der Waals surface area contributed by atoms with E-state index in [1.165, 1.54) is 20.2 Å². The molecule has 0 spiro atoms. The molecule has 0 unspecified atom stereocenters. The van der Waals surface area contributed by atoms with Gasteiger partial charge in [-0.15, -0.1) is 11.3 Å². The molecule has 0 radical (unpaired) electrons. The molecule has 1 aromatic heterocycles. The van der Waals surface area contributed by atoms with Gasteiger partial charge in [0.25, 0.3) is 16.2 Å². The Hall–Kier alpha value is -1.45. The normalized spacial score (nSPS) is 12.2. The number of nitrogens with zero attached hydrogens (tertiary/aromatic N) is 1. The van der Waals surface area contributed by atoms with Crippen molar-refractivity contribution in [1.29, 1.82) is 0 Å². The van der Waals surface area contributed by atoms with Crippen LogP contribution in [0.2, 0.25) is 5.02 Å². The topological polar surface area (TPSA) is 86.3 Å². The highest BCUT2D eigenvalue weighted by molar-refractivity contribution is 7.85. The average molecular weight is 361 g/mol. The SMILES string of the molecule is C[N+](C)(c1ccsc1C(=O)Nc1ccc(Cl)cc1)S(=O)(=O)[O-]. The van der Waals surface area contributed by atoms with Crippen molar-refractivity contribution in [2.75, 3.05) is 19.4 Å². The standard InChI is InChI=1S/C13H13ClN2O4S2/c1-16(2,22(18,19)20)11-7-8-21-12(11)13(17)15-10-5-3-9(14)4-6-10/h3-8H,1-2H3,(H-,15,17,18,19,20). The third-order valence-electron chi connectivity index (χ3n) is 3.09. The molecule has 1 N–H and O–H groups in total. The number of benzene rings is 1. The van der Waals surface area contributed by atoms with Gasteiger partial charge in [-0.3, -0.25) is 4.79 Å². The lowest BCUT2D eigenvalue weighted by Crippen LogP contribution is -2.46. The number of quaternary nitrogens is 1. The van der Waals surface area contributed by atoms with Crippen molar-refractivity contribution in [3.63, 3.8) is 0 Å². The van der Waals surface area contributed by atoms with Crippen LogP contribution in [0.4, 0.5) is 11.4 Å². The van der Waals surface area contributed by atoms with E-state index in [1.807, 2.05) is 0 Å². The zero-order valence-corrected chi connectivity index (χ0v) is 14.1. The van der Waals surface area contributed by atoms with Crippen LogP contribution < -0.4 is 9.21 Å². The molecule has 118 valence electrons. The summed E-state index contributed by atoms with van der Waals surface area (Å²) in [6.45, 7) is 0. The van der Waals surface area contributed by atoms with Gasteiger partial charge >= 0.3 is 0 Å². The minimum absolute atomic E-state index is 0.131. The van der Waals surface area contributed by atoms with E-state index in [1.54, 1.807) is 29.6 Å². The molecule has 0 aliphatic rings. The lowest BCUT2D eigenvalue weighted by molar-refractivity contribution is 0.103. The first-order valence-electron chi connectivity index (χ1n) is 6.08. The Balaban J connectivity index is 2.33. The maximum Gasteiger partial charge on any atom is 0.271 e.